The van der Waals surface area contributed by atoms with Crippen LogP contribution < -0.4 is 5.32 Å². The van der Waals surface area contributed by atoms with Crippen LogP contribution in [-0.2, 0) is 10.2 Å². The summed E-state index contributed by atoms with van der Waals surface area (Å²) in [5, 5.41) is 3.11. The number of piperazine rings is 1. The number of hydrogen-bond donors (Lipinski definition) is 1. The number of halogens is 1. The number of piperidine rings is 1. The van der Waals surface area contributed by atoms with Crippen molar-refractivity contribution >= 4 is 24.2 Å². The highest BCUT2D eigenvalue weighted by molar-refractivity contribution is 5.94. The van der Waals surface area contributed by atoms with Crippen LogP contribution in [0.5, 0.6) is 0 Å². The highest BCUT2D eigenvalue weighted by Crippen LogP contribution is 2.23. The smallest absolute Gasteiger partial charge is 0.253 e. The van der Waals surface area contributed by atoms with E-state index < -0.39 is 0 Å². The van der Waals surface area contributed by atoms with E-state index in [1.54, 1.807) is 0 Å². The van der Waals surface area contributed by atoms with Gasteiger partial charge < -0.3 is 15.1 Å². The predicted octanol–water partition coefficient (Wildman–Crippen LogP) is 2.44. The Bertz CT molecular complexity index is 639. The zero-order valence-corrected chi connectivity index (χ0v) is 16.8. The Morgan fingerprint density at radius 1 is 1.15 bits per heavy atom. The lowest BCUT2D eigenvalue weighted by Crippen LogP contribution is -2.57. The fourth-order valence-corrected chi connectivity index (χ4v) is 3.70. The second-order valence-corrected chi connectivity index (χ2v) is 8.14. The van der Waals surface area contributed by atoms with Gasteiger partial charge in [0, 0.05) is 37.8 Å². The number of hydrogen-bond acceptors (Lipinski definition) is 3. The monoisotopic (exact) mass is 379 g/mol. The summed E-state index contributed by atoms with van der Waals surface area (Å²) in [7, 11) is 0. The molecule has 1 aromatic rings. The van der Waals surface area contributed by atoms with Gasteiger partial charge in [-0.3, -0.25) is 9.59 Å². The molecule has 0 saturated carbocycles. The Morgan fingerprint density at radius 3 is 2.46 bits per heavy atom. The lowest BCUT2D eigenvalue weighted by atomic mass is 9.86. The summed E-state index contributed by atoms with van der Waals surface area (Å²) in [5.41, 5.74) is 2.05. The third-order valence-electron chi connectivity index (χ3n) is 5.25. The van der Waals surface area contributed by atoms with Gasteiger partial charge in [-0.25, -0.2) is 0 Å². The van der Waals surface area contributed by atoms with E-state index in [4.69, 9.17) is 0 Å². The van der Waals surface area contributed by atoms with E-state index in [0.717, 1.165) is 38.0 Å². The topological polar surface area (TPSA) is 52.7 Å². The van der Waals surface area contributed by atoms with E-state index in [9.17, 15) is 9.59 Å². The second kappa shape index (κ2) is 8.40. The molecule has 2 fully saturated rings. The summed E-state index contributed by atoms with van der Waals surface area (Å²) in [6, 6.07) is 8.12. The molecule has 0 radical (unpaired) electrons. The lowest BCUT2D eigenvalue weighted by molar-refractivity contribution is -0.135. The van der Waals surface area contributed by atoms with Crippen LogP contribution in [-0.4, -0.2) is 60.4 Å². The van der Waals surface area contributed by atoms with Crippen molar-refractivity contribution < 1.29 is 9.59 Å². The van der Waals surface area contributed by atoms with Gasteiger partial charge in [-0.2, -0.15) is 0 Å². The zero-order valence-electron chi connectivity index (χ0n) is 16.0. The molecule has 144 valence electrons. The third-order valence-corrected chi connectivity index (χ3v) is 5.25. The molecule has 0 aliphatic carbocycles. The van der Waals surface area contributed by atoms with Crippen molar-refractivity contribution in [3.8, 4) is 0 Å². The molecule has 1 aromatic carbocycles. The van der Waals surface area contributed by atoms with Crippen molar-refractivity contribution in [3.05, 3.63) is 35.4 Å². The quantitative estimate of drug-likeness (QED) is 0.858. The van der Waals surface area contributed by atoms with E-state index in [2.05, 4.69) is 38.2 Å². The molecular formula is C20H30ClN3O2. The lowest BCUT2D eigenvalue weighted by Gasteiger charge is -2.41. The summed E-state index contributed by atoms with van der Waals surface area (Å²) >= 11 is 0. The molecular weight excluding hydrogens is 350 g/mol. The van der Waals surface area contributed by atoms with Crippen molar-refractivity contribution in [2.45, 2.75) is 45.1 Å². The first-order valence-corrected chi connectivity index (χ1v) is 9.26. The number of amides is 2. The molecule has 2 heterocycles. The Hall–Kier alpha value is -1.59. The van der Waals surface area contributed by atoms with Crippen LogP contribution in [0.3, 0.4) is 0 Å². The summed E-state index contributed by atoms with van der Waals surface area (Å²) in [4.78, 5) is 28.9. The molecule has 5 nitrogen and oxygen atoms in total. The molecule has 1 unspecified atom stereocenters. The first kappa shape index (κ1) is 20.7. The number of nitrogens with zero attached hydrogens (tertiary/aromatic N) is 2. The molecule has 26 heavy (non-hydrogen) atoms. The molecule has 1 N–H and O–H groups in total. The molecule has 2 saturated heterocycles. The van der Waals surface area contributed by atoms with Crippen LogP contribution in [0.4, 0.5) is 0 Å². The van der Waals surface area contributed by atoms with E-state index in [1.807, 2.05) is 21.9 Å². The summed E-state index contributed by atoms with van der Waals surface area (Å²) in [6.45, 7) is 9.92. The van der Waals surface area contributed by atoms with Crippen molar-refractivity contribution in [3.63, 3.8) is 0 Å². The minimum Gasteiger partial charge on any atom is -0.337 e. The standard InChI is InChI=1S/C20H29N3O2.ClH/c1-20(2,3)16-8-6-15(7-9-16)19(25)22-11-4-5-17(14-22)23-12-10-21-13-18(23)24;/h6-9,17,21H,4-5,10-14H2,1-3H3;1H. The van der Waals surface area contributed by atoms with Gasteiger partial charge in [0.05, 0.1) is 6.54 Å². The van der Waals surface area contributed by atoms with Gasteiger partial charge in [-0.1, -0.05) is 32.9 Å². The maximum absolute atomic E-state index is 12.9. The number of rotatable bonds is 2. The third kappa shape index (κ3) is 4.57. The van der Waals surface area contributed by atoms with Crippen LogP contribution in [0.15, 0.2) is 24.3 Å². The summed E-state index contributed by atoms with van der Waals surface area (Å²) in [6.07, 6.45) is 1.94. The SMILES string of the molecule is CC(C)(C)c1ccc(C(=O)N2CCCC(N3CCNCC3=O)C2)cc1.Cl. The first-order valence-electron chi connectivity index (χ1n) is 9.26. The van der Waals surface area contributed by atoms with Crippen LogP contribution in [0, 0.1) is 0 Å². The molecule has 0 bridgehead atoms. The molecule has 2 amide bonds. The average Bonchev–Trinajstić information content (AvgIpc) is 2.61. The Balaban J connectivity index is 0.00000243. The maximum Gasteiger partial charge on any atom is 0.253 e. The number of likely N-dealkylation sites (tertiary alicyclic amines) is 1. The van der Waals surface area contributed by atoms with E-state index in [0.29, 0.717) is 13.1 Å². The van der Waals surface area contributed by atoms with Crippen molar-refractivity contribution in [2.24, 2.45) is 0 Å². The van der Waals surface area contributed by atoms with Gasteiger partial charge in [0.1, 0.15) is 0 Å². The van der Waals surface area contributed by atoms with Crippen molar-refractivity contribution in [1.82, 2.24) is 15.1 Å². The largest absolute Gasteiger partial charge is 0.337 e. The Morgan fingerprint density at radius 2 is 1.85 bits per heavy atom. The number of carbonyl (C=O) groups is 2. The molecule has 3 rings (SSSR count). The van der Waals surface area contributed by atoms with Gasteiger partial charge >= 0.3 is 0 Å². The molecule has 1 atom stereocenters. The summed E-state index contributed by atoms with van der Waals surface area (Å²) < 4.78 is 0. The van der Waals surface area contributed by atoms with Crippen molar-refractivity contribution in [2.75, 3.05) is 32.7 Å². The van der Waals surface area contributed by atoms with Gasteiger partial charge in [-0.05, 0) is 36.0 Å². The number of nitrogens with one attached hydrogen (secondary N) is 1. The van der Waals surface area contributed by atoms with Gasteiger partial charge in [0.15, 0.2) is 0 Å². The Kier molecular flexibility index (Phi) is 6.69. The van der Waals surface area contributed by atoms with Gasteiger partial charge in [-0.15, -0.1) is 12.4 Å². The number of benzene rings is 1. The number of carbonyl (C=O) groups excluding carboxylic acids is 2. The molecule has 6 heteroatoms. The van der Waals surface area contributed by atoms with Crippen LogP contribution in [0.2, 0.25) is 0 Å². The highest BCUT2D eigenvalue weighted by atomic mass is 35.5. The molecule has 2 aliphatic rings. The van der Waals surface area contributed by atoms with E-state index in [-0.39, 0.29) is 35.7 Å². The van der Waals surface area contributed by atoms with Crippen LogP contribution >= 0.6 is 12.4 Å². The molecule has 0 aromatic heterocycles. The van der Waals surface area contributed by atoms with Gasteiger partial charge in [0.25, 0.3) is 5.91 Å². The minimum absolute atomic E-state index is 0. The normalized spacial score (nSPS) is 21.3. The van der Waals surface area contributed by atoms with Gasteiger partial charge in [0.2, 0.25) is 5.91 Å². The van der Waals surface area contributed by atoms with E-state index >= 15 is 0 Å². The second-order valence-electron chi connectivity index (χ2n) is 8.14. The summed E-state index contributed by atoms with van der Waals surface area (Å²) in [5.74, 6) is 0.229. The van der Waals surface area contributed by atoms with E-state index in [1.165, 1.54) is 5.56 Å². The zero-order chi connectivity index (χ0) is 18.0. The predicted molar refractivity (Wildman–Crippen MR) is 106 cm³/mol. The minimum atomic E-state index is 0. The molecule has 2 aliphatic heterocycles. The fraction of sp³-hybridized carbons (Fsp3) is 0.600. The highest BCUT2D eigenvalue weighted by Gasteiger charge is 2.32. The Labute approximate surface area is 162 Å². The first-order chi connectivity index (χ1) is 11.9. The molecule has 0 spiro atoms. The van der Waals surface area contributed by atoms with Crippen molar-refractivity contribution in [1.29, 1.82) is 0 Å². The maximum atomic E-state index is 12.9. The average molecular weight is 380 g/mol. The van der Waals surface area contributed by atoms with Crippen LogP contribution in [0.25, 0.3) is 0 Å². The fourth-order valence-electron chi connectivity index (χ4n) is 3.70. The van der Waals surface area contributed by atoms with Crippen LogP contribution in [0.1, 0.15) is 49.5 Å².